The summed E-state index contributed by atoms with van der Waals surface area (Å²) in [5.41, 5.74) is 0. The number of aromatic nitrogens is 3. The monoisotopic (exact) mass is 231 g/mol. The number of aryl methyl sites for hydroxylation is 1. The van der Waals surface area contributed by atoms with Gasteiger partial charge in [0, 0.05) is 6.54 Å². The molecule has 1 aromatic rings. The normalized spacial score (nSPS) is 18.7. The minimum absolute atomic E-state index is 0.528. The van der Waals surface area contributed by atoms with Crippen LogP contribution in [0, 0.1) is 12.8 Å². The van der Waals surface area contributed by atoms with Crippen LogP contribution in [0.2, 0.25) is 5.28 Å². The Morgan fingerprint density at radius 3 is 2.71 bits per heavy atom. The highest BCUT2D eigenvalue weighted by atomic mass is 35.5. The molecule has 2 heterocycles. The maximum absolute atomic E-state index is 5.95. The van der Waals surface area contributed by atoms with Gasteiger partial charge in [0.15, 0.2) is 0 Å². The molecule has 0 spiro atoms. The molecule has 0 amide bonds. The Hall–Kier alpha value is -0.220. The van der Waals surface area contributed by atoms with E-state index in [1.165, 1.54) is 24.3 Å². The molecule has 1 aliphatic heterocycles. The van der Waals surface area contributed by atoms with Crippen LogP contribution in [0.1, 0.15) is 18.7 Å². The zero-order chi connectivity index (χ0) is 9.97. The van der Waals surface area contributed by atoms with Gasteiger partial charge in [0.25, 0.3) is 0 Å². The van der Waals surface area contributed by atoms with Crippen molar-refractivity contribution in [3.05, 3.63) is 11.1 Å². The zero-order valence-corrected chi connectivity index (χ0v) is 9.81. The fourth-order valence-corrected chi connectivity index (χ4v) is 3.18. The topological polar surface area (TPSA) is 30.7 Å². The number of hydrogen-bond donors (Lipinski definition) is 0. The molecule has 0 aromatic carbocycles. The Morgan fingerprint density at radius 2 is 2.14 bits per heavy atom. The van der Waals surface area contributed by atoms with Gasteiger partial charge in [-0.05, 0) is 48.8 Å². The number of rotatable bonds is 2. The maximum Gasteiger partial charge on any atom is 0.225 e. The van der Waals surface area contributed by atoms with Crippen molar-refractivity contribution in [1.82, 2.24) is 14.8 Å². The lowest BCUT2D eigenvalue weighted by molar-refractivity contribution is 0.412. The second-order valence-corrected chi connectivity index (χ2v) is 5.25. The molecule has 2 rings (SSSR count). The number of thioether (sulfide) groups is 1. The van der Waals surface area contributed by atoms with Crippen LogP contribution < -0.4 is 0 Å². The van der Waals surface area contributed by atoms with Crippen LogP contribution in [-0.2, 0) is 6.54 Å². The Labute approximate surface area is 93.2 Å². The first kappa shape index (κ1) is 10.3. The molecule has 0 unspecified atom stereocenters. The minimum Gasteiger partial charge on any atom is -0.302 e. The molecule has 0 atom stereocenters. The minimum atomic E-state index is 0.528. The Balaban J connectivity index is 2.02. The fraction of sp³-hybridized carbons (Fsp3) is 0.778. The van der Waals surface area contributed by atoms with Crippen LogP contribution in [0.25, 0.3) is 0 Å². The van der Waals surface area contributed by atoms with Gasteiger partial charge < -0.3 is 4.57 Å². The summed E-state index contributed by atoms with van der Waals surface area (Å²) in [6, 6.07) is 0. The largest absolute Gasteiger partial charge is 0.302 e. The van der Waals surface area contributed by atoms with Crippen LogP contribution in [-0.4, -0.2) is 26.3 Å². The molecule has 0 bridgehead atoms. The third kappa shape index (κ3) is 2.23. The van der Waals surface area contributed by atoms with E-state index in [0.717, 1.165) is 18.3 Å². The van der Waals surface area contributed by atoms with E-state index < -0.39 is 0 Å². The predicted molar refractivity (Wildman–Crippen MR) is 59.8 cm³/mol. The quantitative estimate of drug-likeness (QED) is 0.783. The molecule has 3 nitrogen and oxygen atoms in total. The molecule has 5 heteroatoms. The first-order valence-electron chi connectivity index (χ1n) is 4.90. The van der Waals surface area contributed by atoms with Gasteiger partial charge in [-0.2, -0.15) is 11.8 Å². The smallest absolute Gasteiger partial charge is 0.225 e. The SMILES string of the molecule is Cc1nnc(Cl)n1CC1CCSCC1. The summed E-state index contributed by atoms with van der Waals surface area (Å²) in [5, 5.41) is 8.34. The standard InChI is InChI=1S/C9H14ClN3S/c1-7-11-12-9(10)13(7)6-8-2-4-14-5-3-8/h8H,2-6H2,1H3. The van der Waals surface area contributed by atoms with Gasteiger partial charge in [-0.25, -0.2) is 0 Å². The van der Waals surface area contributed by atoms with Crippen molar-refractivity contribution in [2.45, 2.75) is 26.3 Å². The molecule has 1 aliphatic rings. The lowest BCUT2D eigenvalue weighted by Gasteiger charge is -2.22. The van der Waals surface area contributed by atoms with Gasteiger partial charge in [-0.3, -0.25) is 0 Å². The van der Waals surface area contributed by atoms with Crippen LogP contribution in [0.5, 0.6) is 0 Å². The van der Waals surface area contributed by atoms with Crippen molar-refractivity contribution >= 4 is 23.4 Å². The summed E-state index contributed by atoms with van der Waals surface area (Å²) in [4.78, 5) is 0. The molecule has 78 valence electrons. The summed E-state index contributed by atoms with van der Waals surface area (Å²) in [7, 11) is 0. The Morgan fingerprint density at radius 1 is 1.43 bits per heavy atom. The lowest BCUT2D eigenvalue weighted by Crippen LogP contribution is -2.17. The number of halogens is 1. The van der Waals surface area contributed by atoms with Crippen molar-refractivity contribution in [2.24, 2.45) is 5.92 Å². The van der Waals surface area contributed by atoms with Crippen molar-refractivity contribution in [3.8, 4) is 0 Å². The summed E-state index contributed by atoms with van der Waals surface area (Å²) in [5.74, 6) is 4.24. The van der Waals surface area contributed by atoms with Gasteiger partial charge in [-0.15, -0.1) is 10.2 Å². The summed E-state index contributed by atoms with van der Waals surface area (Å²) >= 11 is 7.99. The van der Waals surface area contributed by atoms with Gasteiger partial charge in [-0.1, -0.05) is 0 Å². The van der Waals surface area contributed by atoms with Crippen molar-refractivity contribution in [2.75, 3.05) is 11.5 Å². The van der Waals surface area contributed by atoms with Gasteiger partial charge in [0.1, 0.15) is 5.82 Å². The van der Waals surface area contributed by atoms with E-state index in [1.54, 1.807) is 0 Å². The lowest BCUT2D eigenvalue weighted by atomic mass is 10.0. The van der Waals surface area contributed by atoms with Crippen LogP contribution >= 0.6 is 23.4 Å². The Bertz CT molecular complexity index is 288. The highest BCUT2D eigenvalue weighted by Crippen LogP contribution is 2.25. The average molecular weight is 232 g/mol. The van der Waals surface area contributed by atoms with Crippen molar-refractivity contribution in [3.63, 3.8) is 0 Å². The highest BCUT2D eigenvalue weighted by molar-refractivity contribution is 7.99. The fourth-order valence-electron chi connectivity index (χ4n) is 1.75. The predicted octanol–water partition coefficient (Wildman–Crippen LogP) is 2.38. The van der Waals surface area contributed by atoms with E-state index in [-0.39, 0.29) is 0 Å². The van der Waals surface area contributed by atoms with Crippen LogP contribution in [0.15, 0.2) is 0 Å². The summed E-state index contributed by atoms with van der Waals surface area (Å²) in [6.45, 7) is 2.94. The number of nitrogens with zero attached hydrogens (tertiary/aromatic N) is 3. The third-order valence-corrected chi connectivity index (χ3v) is 4.00. The second kappa shape index (κ2) is 4.53. The van der Waals surface area contributed by atoms with Gasteiger partial charge in [0.05, 0.1) is 0 Å². The average Bonchev–Trinajstić information content (AvgIpc) is 2.51. The molecule has 1 aromatic heterocycles. The van der Waals surface area contributed by atoms with E-state index >= 15 is 0 Å². The molecule has 0 radical (unpaired) electrons. The van der Waals surface area contributed by atoms with Crippen LogP contribution in [0.3, 0.4) is 0 Å². The molecule has 1 saturated heterocycles. The summed E-state index contributed by atoms with van der Waals surface area (Å²) < 4.78 is 2.02. The van der Waals surface area contributed by atoms with E-state index in [9.17, 15) is 0 Å². The molecule has 0 N–H and O–H groups in total. The van der Waals surface area contributed by atoms with E-state index in [4.69, 9.17) is 11.6 Å². The molecule has 0 aliphatic carbocycles. The number of hydrogen-bond acceptors (Lipinski definition) is 3. The van der Waals surface area contributed by atoms with Gasteiger partial charge in [0.2, 0.25) is 5.28 Å². The first-order chi connectivity index (χ1) is 6.77. The van der Waals surface area contributed by atoms with Crippen molar-refractivity contribution in [1.29, 1.82) is 0 Å². The second-order valence-electron chi connectivity index (χ2n) is 3.68. The summed E-state index contributed by atoms with van der Waals surface area (Å²) in [6.07, 6.45) is 2.58. The van der Waals surface area contributed by atoms with Crippen molar-refractivity contribution < 1.29 is 0 Å². The van der Waals surface area contributed by atoms with E-state index in [2.05, 4.69) is 10.2 Å². The van der Waals surface area contributed by atoms with Gasteiger partial charge >= 0.3 is 0 Å². The van der Waals surface area contributed by atoms with Crippen LogP contribution in [0.4, 0.5) is 0 Å². The molecule has 0 saturated carbocycles. The zero-order valence-electron chi connectivity index (χ0n) is 8.24. The molecule has 1 fully saturated rings. The molecular formula is C9H14ClN3S. The molecule has 14 heavy (non-hydrogen) atoms. The highest BCUT2D eigenvalue weighted by Gasteiger charge is 2.16. The third-order valence-electron chi connectivity index (χ3n) is 2.67. The van der Waals surface area contributed by atoms with E-state index in [0.29, 0.717) is 5.28 Å². The Kier molecular flexibility index (Phi) is 3.34. The van der Waals surface area contributed by atoms with E-state index in [1.807, 2.05) is 23.3 Å². The molecular weight excluding hydrogens is 218 g/mol. The first-order valence-corrected chi connectivity index (χ1v) is 6.43. The maximum atomic E-state index is 5.95.